The number of ether oxygens (including phenoxy) is 1. The van der Waals surface area contributed by atoms with E-state index < -0.39 is 0 Å². The van der Waals surface area contributed by atoms with Gasteiger partial charge in [-0.2, -0.15) is 0 Å². The Labute approximate surface area is 152 Å². The second-order valence-electron chi connectivity index (χ2n) is 6.61. The minimum Gasteiger partial charge on any atom is -0.492 e. The first-order chi connectivity index (χ1) is 12.7. The fourth-order valence-corrected chi connectivity index (χ4v) is 3.26. The van der Waals surface area contributed by atoms with E-state index in [1.54, 1.807) is 12.5 Å². The summed E-state index contributed by atoms with van der Waals surface area (Å²) in [6, 6.07) is 16.0. The molecular weight excluding hydrogens is 326 g/mol. The van der Waals surface area contributed by atoms with Gasteiger partial charge in [-0.05, 0) is 42.7 Å². The van der Waals surface area contributed by atoms with Crippen LogP contribution in [0.25, 0.3) is 5.69 Å². The van der Waals surface area contributed by atoms with Gasteiger partial charge in [0.05, 0.1) is 18.3 Å². The maximum absolute atomic E-state index is 12.6. The number of imidazole rings is 1. The largest absolute Gasteiger partial charge is 0.492 e. The van der Waals surface area contributed by atoms with E-state index in [4.69, 9.17) is 4.74 Å². The molecule has 26 heavy (non-hydrogen) atoms. The van der Waals surface area contributed by atoms with E-state index in [1.165, 1.54) is 0 Å². The molecular formula is C21H21N3O2. The highest BCUT2D eigenvalue weighted by molar-refractivity contribution is 5.80. The molecule has 2 aromatic carbocycles. The minimum absolute atomic E-state index is 0.0330. The normalized spacial score (nSPS) is 17.0. The Morgan fingerprint density at radius 2 is 2.04 bits per heavy atom. The summed E-state index contributed by atoms with van der Waals surface area (Å²) < 4.78 is 7.68. The number of rotatable bonds is 4. The molecule has 0 saturated carbocycles. The van der Waals surface area contributed by atoms with Gasteiger partial charge < -0.3 is 14.6 Å². The number of hydrogen-bond donors (Lipinski definition) is 1. The molecule has 0 unspecified atom stereocenters. The number of aromatic nitrogens is 2. The monoisotopic (exact) mass is 347 g/mol. The fraction of sp³-hybridized carbons (Fsp3) is 0.238. The lowest BCUT2D eigenvalue weighted by atomic mass is 9.95. The number of hydrogen-bond acceptors (Lipinski definition) is 3. The van der Waals surface area contributed by atoms with Crippen molar-refractivity contribution in [2.75, 3.05) is 6.61 Å². The van der Waals surface area contributed by atoms with Crippen LogP contribution in [-0.4, -0.2) is 22.1 Å². The number of carbonyl (C=O) groups is 1. The minimum atomic E-state index is -0.155. The Kier molecular flexibility index (Phi) is 4.44. The average Bonchev–Trinajstić information content (AvgIpc) is 3.22. The Bertz CT molecular complexity index is 888. The van der Waals surface area contributed by atoms with Gasteiger partial charge in [-0.25, -0.2) is 4.98 Å². The molecule has 0 aliphatic carbocycles. The van der Waals surface area contributed by atoms with Crippen molar-refractivity contribution in [3.63, 3.8) is 0 Å². The number of fused-ring (bicyclic) bond motifs is 1. The van der Waals surface area contributed by atoms with Crippen LogP contribution in [0.4, 0.5) is 0 Å². The molecule has 2 atom stereocenters. The third-order valence-corrected chi connectivity index (χ3v) is 4.80. The number of nitrogens with zero attached hydrogens (tertiary/aromatic N) is 2. The van der Waals surface area contributed by atoms with Crippen LogP contribution in [0.15, 0.2) is 67.3 Å². The molecule has 1 amide bonds. The average molecular weight is 347 g/mol. The molecule has 0 fully saturated rings. The van der Waals surface area contributed by atoms with Gasteiger partial charge in [-0.1, -0.05) is 30.3 Å². The first-order valence-electron chi connectivity index (χ1n) is 8.80. The van der Waals surface area contributed by atoms with Crippen LogP contribution in [0.5, 0.6) is 5.75 Å². The van der Waals surface area contributed by atoms with E-state index in [-0.39, 0.29) is 17.9 Å². The topological polar surface area (TPSA) is 56.1 Å². The van der Waals surface area contributed by atoms with Gasteiger partial charge in [0.2, 0.25) is 5.91 Å². The van der Waals surface area contributed by atoms with Gasteiger partial charge in [0, 0.05) is 18.1 Å². The molecule has 0 bridgehead atoms. The van der Waals surface area contributed by atoms with E-state index in [1.807, 2.05) is 66.2 Å². The lowest BCUT2D eigenvalue weighted by molar-refractivity contribution is -0.126. The van der Waals surface area contributed by atoms with Crippen molar-refractivity contribution in [3.8, 4) is 11.4 Å². The zero-order valence-corrected chi connectivity index (χ0v) is 14.6. The van der Waals surface area contributed by atoms with Gasteiger partial charge in [0.15, 0.2) is 0 Å². The molecule has 2 heterocycles. The van der Waals surface area contributed by atoms with Gasteiger partial charge >= 0.3 is 0 Å². The third kappa shape index (κ3) is 3.33. The van der Waals surface area contributed by atoms with Crippen molar-refractivity contribution in [1.29, 1.82) is 0 Å². The lowest BCUT2D eigenvalue weighted by Crippen LogP contribution is -2.38. The standard InChI is InChI=1S/C21H21N3O2/c1-15(16-6-8-19(9-7-16)24-11-10-22-14-24)23-21(25)18-12-17-4-2-3-5-20(17)26-13-18/h2-11,14-15,18H,12-13H2,1H3,(H,23,25)/t15-,18-/m0/s1. The molecule has 4 rings (SSSR count). The quantitative estimate of drug-likeness (QED) is 0.788. The Hall–Kier alpha value is -3.08. The molecule has 0 radical (unpaired) electrons. The van der Waals surface area contributed by atoms with Crippen molar-refractivity contribution in [2.45, 2.75) is 19.4 Å². The lowest BCUT2D eigenvalue weighted by Gasteiger charge is -2.26. The fourth-order valence-electron chi connectivity index (χ4n) is 3.26. The zero-order valence-electron chi connectivity index (χ0n) is 14.6. The number of benzene rings is 2. The van der Waals surface area contributed by atoms with Crippen molar-refractivity contribution in [1.82, 2.24) is 14.9 Å². The summed E-state index contributed by atoms with van der Waals surface area (Å²) in [5, 5.41) is 3.11. The summed E-state index contributed by atoms with van der Waals surface area (Å²) in [6.07, 6.45) is 6.14. The second-order valence-corrected chi connectivity index (χ2v) is 6.61. The van der Waals surface area contributed by atoms with Crippen LogP contribution >= 0.6 is 0 Å². The van der Waals surface area contributed by atoms with E-state index in [0.29, 0.717) is 13.0 Å². The maximum atomic E-state index is 12.6. The molecule has 1 N–H and O–H groups in total. The van der Waals surface area contributed by atoms with Crippen molar-refractivity contribution in [2.24, 2.45) is 5.92 Å². The molecule has 1 aliphatic heterocycles. The van der Waals surface area contributed by atoms with Gasteiger partial charge in [0.1, 0.15) is 12.4 Å². The summed E-state index contributed by atoms with van der Waals surface area (Å²) in [5.41, 5.74) is 3.21. The smallest absolute Gasteiger partial charge is 0.227 e. The molecule has 0 spiro atoms. The van der Waals surface area contributed by atoms with Crippen molar-refractivity contribution in [3.05, 3.63) is 78.4 Å². The van der Waals surface area contributed by atoms with E-state index in [9.17, 15) is 4.79 Å². The summed E-state index contributed by atoms with van der Waals surface area (Å²) in [5.74, 6) is 0.767. The summed E-state index contributed by atoms with van der Waals surface area (Å²) in [7, 11) is 0. The Morgan fingerprint density at radius 3 is 2.81 bits per heavy atom. The molecule has 1 aromatic heterocycles. The molecule has 1 aliphatic rings. The highest BCUT2D eigenvalue weighted by Gasteiger charge is 2.26. The number of amides is 1. The van der Waals surface area contributed by atoms with Crippen LogP contribution < -0.4 is 10.1 Å². The predicted molar refractivity (Wildman–Crippen MR) is 99.3 cm³/mol. The molecule has 3 aromatic rings. The summed E-state index contributed by atoms with van der Waals surface area (Å²) in [6.45, 7) is 2.43. The molecule has 5 nitrogen and oxygen atoms in total. The maximum Gasteiger partial charge on any atom is 0.227 e. The highest BCUT2D eigenvalue weighted by Crippen LogP contribution is 2.27. The van der Waals surface area contributed by atoms with E-state index in [2.05, 4.69) is 10.3 Å². The molecule has 5 heteroatoms. The van der Waals surface area contributed by atoms with Gasteiger partial charge in [-0.3, -0.25) is 4.79 Å². The SMILES string of the molecule is C[C@H](NC(=O)[C@@H]1COc2ccccc2C1)c1ccc(-n2ccnc2)cc1. The molecule has 0 saturated heterocycles. The second kappa shape index (κ2) is 7.04. The third-order valence-electron chi connectivity index (χ3n) is 4.80. The Balaban J connectivity index is 1.40. The van der Waals surface area contributed by atoms with Crippen LogP contribution in [0.2, 0.25) is 0 Å². The van der Waals surface area contributed by atoms with E-state index >= 15 is 0 Å². The number of carbonyl (C=O) groups excluding carboxylic acids is 1. The van der Waals surface area contributed by atoms with Crippen molar-refractivity contribution >= 4 is 5.91 Å². The van der Waals surface area contributed by atoms with Gasteiger partial charge in [0.25, 0.3) is 0 Å². The van der Waals surface area contributed by atoms with Crippen molar-refractivity contribution < 1.29 is 9.53 Å². The summed E-state index contributed by atoms with van der Waals surface area (Å²) >= 11 is 0. The molecule has 132 valence electrons. The predicted octanol–water partition coefficient (Wildman–Crippen LogP) is 3.30. The number of para-hydroxylation sites is 1. The van der Waals surface area contributed by atoms with Crippen LogP contribution in [0.3, 0.4) is 0 Å². The van der Waals surface area contributed by atoms with Crippen LogP contribution in [0, 0.1) is 5.92 Å². The zero-order chi connectivity index (χ0) is 17.9. The van der Waals surface area contributed by atoms with E-state index in [0.717, 1.165) is 22.6 Å². The van der Waals surface area contributed by atoms with Gasteiger partial charge in [-0.15, -0.1) is 0 Å². The van der Waals surface area contributed by atoms with Crippen LogP contribution in [-0.2, 0) is 11.2 Å². The first kappa shape index (κ1) is 16.4. The van der Waals surface area contributed by atoms with Crippen LogP contribution in [0.1, 0.15) is 24.1 Å². The first-order valence-corrected chi connectivity index (χ1v) is 8.80. The highest BCUT2D eigenvalue weighted by atomic mass is 16.5. The summed E-state index contributed by atoms with van der Waals surface area (Å²) in [4.78, 5) is 16.7. The Morgan fingerprint density at radius 1 is 1.23 bits per heavy atom. The number of nitrogens with one attached hydrogen (secondary N) is 1.